The van der Waals surface area contributed by atoms with Gasteiger partial charge in [0, 0.05) is 5.56 Å². The molecule has 0 unspecified atom stereocenters. The van der Waals surface area contributed by atoms with Crippen LogP contribution in [0.15, 0.2) is 52.4 Å². The number of nitriles is 1. The summed E-state index contributed by atoms with van der Waals surface area (Å²) in [7, 11) is 0. The predicted octanol–water partition coefficient (Wildman–Crippen LogP) is 4.16. The normalized spacial score (nSPS) is 10.6. The maximum Gasteiger partial charge on any atom is 0.270 e. The molecule has 2 N–H and O–H groups in total. The summed E-state index contributed by atoms with van der Waals surface area (Å²) in [6.07, 6.45) is 1.58. The van der Waals surface area contributed by atoms with Crippen LogP contribution in [0, 0.1) is 14.9 Å². The fraction of sp³-hybridized carbons (Fsp3) is 0.182. The minimum absolute atomic E-state index is 0.0526. The first kappa shape index (κ1) is 22.3. The van der Waals surface area contributed by atoms with E-state index in [-0.39, 0.29) is 11.5 Å². The van der Waals surface area contributed by atoms with Crippen molar-refractivity contribution in [3.05, 3.63) is 67.5 Å². The number of halogens is 1. The lowest BCUT2D eigenvalue weighted by Gasteiger charge is -2.13. The molecule has 0 aliphatic carbocycles. The first-order valence-electron chi connectivity index (χ1n) is 9.55. The maximum atomic E-state index is 12.3. The number of aromatic amines is 1. The molecule has 3 aromatic rings. The zero-order valence-electron chi connectivity index (χ0n) is 17.0. The van der Waals surface area contributed by atoms with Gasteiger partial charge in [-0.25, -0.2) is 10.4 Å². The van der Waals surface area contributed by atoms with Crippen molar-refractivity contribution in [2.45, 2.75) is 13.8 Å². The number of aromatic nitrogens is 2. The van der Waals surface area contributed by atoms with E-state index in [4.69, 9.17) is 9.47 Å². The third kappa shape index (κ3) is 5.40. The Bertz CT molecular complexity index is 1190. The summed E-state index contributed by atoms with van der Waals surface area (Å²) in [4.78, 5) is 19.2. The van der Waals surface area contributed by atoms with E-state index >= 15 is 0 Å². The summed E-state index contributed by atoms with van der Waals surface area (Å²) in [6, 6.07) is 14.7. The molecule has 0 fully saturated rings. The van der Waals surface area contributed by atoms with E-state index in [1.807, 2.05) is 50.2 Å². The smallest absolute Gasteiger partial charge is 0.270 e. The van der Waals surface area contributed by atoms with Crippen LogP contribution in [0.4, 0.5) is 5.95 Å². The van der Waals surface area contributed by atoms with Crippen molar-refractivity contribution >= 4 is 34.8 Å². The monoisotopic (exact) mass is 529 g/mol. The molecule has 0 spiro atoms. The highest BCUT2D eigenvalue weighted by atomic mass is 127. The number of anilines is 1. The first-order valence-corrected chi connectivity index (χ1v) is 10.6. The maximum absolute atomic E-state index is 12.3. The quantitative estimate of drug-likeness (QED) is 0.258. The number of H-pyrrole nitrogens is 1. The van der Waals surface area contributed by atoms with Gasteiger partial charge in [-0.3, -0.25) is 9.78 Å². The topological polar surface area (TPSA) is 112 Å². The zero-order valence-corrected chi connectivity index (χ0v) is 19.1. The molecule has 8 nitrogen and oxygen atoms in total. The summed E-state index contributed by atoms with van der Waals surface area (Å²) in [5.41, 5.74) is 3.87. The lowest BCUT2D eigenvalue weighted by atomic mass is 10.1. The number of benzene rings is 2. The molecular formula is C22H20IN5O3. The molecule has 0 aliphatic rings. The molecule has 3 rings (SSSR count). The molecule has 2 aromatic carbocycles. The van der Waals surface area contributed by atoms with Crippen molar-refractivity contribution < 1.29 is 9.47 Å². The SMILES string of the molecule is CCOc1cc(C=NNc2nc(-c3ccccc3)c(C#N)c(=O)[nH]2)cc(I)c1OCC. The van der Waals surface area contributed by atoms with Crippen molar-refractivity contribution in [1.29, 1.82) is 5.26 Å². The van der Waals surface area contributed by atoms with Gasteiger partial charge in [0.1, 0.15) is 11.6 Å². The van der Waals surface area contributed by atoms with E-state index < -0.39 is 5.56 Å². The predicted molar refractivity (Wildman–Crippen MR) is 128 cm³/mol. The van der Waals surface area contributed by atoms with E-state index in [0.29, 0.717) is 36.0 Å². The highest BCUT2D eigenvalue weighted by molar-refractivity contribution is 14.1. The summed E-state index contributed by atoms with van der Waals surface area (Å²) < 4.78 is 12.2. The number of nitrogens with zero attached hydrogens (tertiary/aromatic N) is 3. The van der Waals surface area contributed by atoms with Crippen LogP contribution < -0.4 is 20.5 Å². The van der Waals surface area contributed by atoms with Crippen LogP contribution in [0.25, 0.3) is 11.3 Å². The van der Waals surface area contributed by atoms with Crippen LogP contribution in [0.3, 0.4) is 0 Å². The number of ether oxygens (including phenoxy) is 2. The highest BCUT2D eigenvalue weighted by Gasteiger charge is 2.13. The Kier molecular flexibility index (Phi) is 7.61. The van der Waals surface area contributed by atoms with Crippen molar-refractivity contribution in [2.24, 2.45) is 5.10 Å². The molecule has 1 heterocycles. The van der Waals surface area contributed by atoms with Gasteiger partial charge in [-0.15, -0.1) is 0 Å². The van der Waals surface area contributed by atoms with Crippen LogP contribution in [0.5, 0.6) is 11.5 Å². The Balaban J connectivity index is 1.89. The molecule has 0 amide bonds. The van der Waals surface area contributed by atoms with E-state index in [1.165, 1.54) is 0 Å². The largest absolute Gasteiger partial charge is 0.490 e. The average Bonchev–Trinajstić information content (AvgIpc) is 2.76. The molecule has 31 heavy (non-hydrogen) atoms. The number of rotatable bonds is 8. The summed E-state index contributed by atoms with van der Waals surface area (Å²) in [5.74, 6) is 1.46. The zero-order chi connectivity index (χ0) is 22.2. The van der Waals surface area contributed by atoms with Crippen LogP contribution in [0.2, 0.25) is 0 Å². The van der Waals surface area contributed by atoms with Crippen molar-refractivity contribution in [2.75, 3.05) is 18.6 Å². The van der Waals surface area contributed by atoms with Crippen molar-refractivity contribution in [3.63, 3.8) is 0 Å². The van der Waals surface area contributed by atoms with Crippen molar-refractivity contribution in [3.8, 4) is 28.8 Å². The number of hydrazone groups is 1. The van der Waals surface area contributed by atoms with Gasteiger partial charge in [-0.1, -0.05) is 30.3 Å². The third-order valence-electron chi connectivity index (χ3n) is 4.08. The summed E-state index contributed by atoms with van der Waals surface area (Å²) >= 11 is 2.18. The Morgan fingerprint density at radius 2 is 1.97 bits per heavy atom. The van der Waals surface area contributed by atoms with E-state index in [9.17, 15) is 10.1 Å². The van der Waals surface area contributed by atoms with Crippen LogP contribution in [-0.4, -0.2) is 29.4 Å². The lowest BCUT2D eigenvalue weighted by Crippen LogP contribution is -2.16. The average molecular weight is 529 g/mol. The second kappa shape index (κ2) is 10.6. The van der Waals surface area contributed by atoms with Gasteiger partial charge in [-0.2, -0.15) is 10.4 Å². The Hall–Kier alpha value is -3.39. The molecule has 158 valence electrons. The van der Waals surface area contributed by atoms with E-state index in [1.54, 1.807) is 18.3 Å². The standard InChI is InChI=1S/C22H20IN5O3/c1-3-30-18-11-14(10-17(23)20(18)31-4-2)13-25-28-22-26-19(15-8-6-5-7-9-15)16(12-24)21(29)27-22/h5-11,13H,3-4H2,1-2H3,(H2,26,27,28,29). The minimum atomic E-state index is -0.539. The Morgan fingerprint density at radius 3 is 2.65 bits per heavy atom. The highest BCUT2D eigenvalue weighted by Crippen LogP contribution is 2.33. The second-order valence-electron chi connectivity index (χ2n) is 6.18. The molecule has 0 atom stereocenters. The van der Waals surface area contributed by atoms with Gasteiger partial charge in [0.25, 0.3) is 5.56 Å². The fourth-order valence-electron chi connectivity index (χ4n) is 2.81. The second-order valence-corrected chi connectivity index (χ2v) is 7.34. The van der Waals surface area contributed by atoms with Gasteiger partial charge < -0.3 is 9.47 Å². The summed E-state index contributed by atoms with van der Waals surface area (Å²) in [5, 5.41) is 13.5. The fourth-order valence-corrected chi connectivity index (χ4v) is 3.59. The van der Waals surface area contributed by atoms with Gasteiger partial charge in [0.2, 0.25) is 5.95 Å². The van der Waals surface area contributed by atoms with Gasteiger partial charge >= 0.3 is 0 Å². The molecule has 0 radical (unpaired) electrons. The van der Waals surface area contributed by atoms with E-state index in [0.717, 1.165) is 9.13 Å². The number of hydrogen-bond acceptors (Lipinski definition) is 7. The molecule has 9 heteroatoms. The molecule has 0 saturated heterocycles. The van der Waals surface area contributed by atoms with Crippen LogP contribution in [-0.2, 0) is 0 Å². The molecule has 1 aromatic heterocycles. The number of nitrogens with one attached hydrogen (secondary N) is 2. The van der Waals surface area contributed by atoms with Crippen molar-refractivity contribution in [1.82, 2.24) is 9.97 Å². The molecular weight excluding hydrogens is 509 g/mol. The van der Waals surface area contributed by atoms with Crippen LogP contribution in [0.1, 0.15) is 25.0 Å². The van der Waals surface area contributed by atoms with Crippen LogP contribution >= 0.6 is 22.6 Å². The summed E-state index contributed by atoms with van der Waals surface area (Å²) in [6.45, 7) is 4.86. The minimum Gasteiger partial charge on any atom is -0.490 e. The molecule has 0 aliphatic heterocycles. The molecule has 0 saturated carbocycles. The molecule has 0 bridgehead atoms. The lowest BCUT2D eigenvalue weighted by molar-refractivity contribution is 0.286. The Labute approximate surface area is 193 Å². The third-order valence-corrected chi connectivity index (χ3v) is 4.88. The van der Waals surface area contributed by atoms with E-state index in [2.05, 4.69) is 43.1 Å². The first-order chi connectivity index (χ1) is 15.1. The van der Waals surface area contributed by atoms with Gasteiger partial charge in [-0.05, 0) is 54.1 Å². The Morgan fingerprint density at radius 1 is 1.23 bits per heavy atom. The number of hydrogen-bond donors (Lipinski definition) is 2. The van der Waals surface area contributed by atoms with Gasteiger partial charge in [0.15, 0.2) is 11.5 Å². The van der Waals surface area contributed by atoms with Gasteiger partial charge in [0.05, 0.1) is 28.7 Å².